The highest BCUT2D eigenvalue weighted by Gasteiger charge is 2.16. The molecule has 142 valence electrons. The predicted molar refractivity (Wildman–Crippen MR) is 108 cm³/mol. The summed E-state index contributed by atoms with van der Waals surface area (Å²) in [6, 6.07) is 14.4. The van der Waals surface area contributed by atoms with Crippen LogP contribution in [0.25, 0.3) is 11.0 Å². The van der Waals surface area contributed by atoms with Crippen molar-refractivity contribution in [2.24, 2.45) is 7.05 Å². The Morgan fingerprint density at radius 2 is 1.86 bits per heavy atom. The van der Waals surface area contributed by atoms with Gasteiger partial charge in [-0.05, 0) is 57.0 Å². The molecule has 3 aromatic rings. The van der Waals surface area contributed by atoms with E-state index >= 15 is 0 Å². The van der Waals surface area contributed by atoms with Crippen LogP contribution in [0.5, 0.6) is 0 Å². The number of nitrogens with zero attached hydrogens (tertiary/aromatic N) is 2. The van der Waals surface area contributed by atoms with Crippen LogP contribution < -0.4 is 5.32 Å². The number of amides is 1. The van der Waals surface area contributed by atoms with Crippen LogP contribution in [0.3, 0.4) is 0 Å². The fourth-order valence-electron chi connectivity index (χ4n) is 2.63. The Kier molecular flexibility index (Phi) is 5.18. The molecule has 1 N–H and O–H groups in total. The second kappa shape index (κ2) is 7.57. The summed E-state index contributed by atoms with van der Waals surface area (Å²) in [6.45, 7) is 5.38. The molecule has 6 nitrogen and oxygen atoms in total. The highest BCUT2D eigenvalue weighted by atomic mass is 16.6. The molecule has 1 aromatic heterocycles. The monoisotopic (exact) mass is 375 g/mol. The molecule has 0 saturated carbocycles. The van der Waals surface area contributed by atoms with E-state index < -0.39 is 11.7 Å². The van der Waals surface area contributed by atoms with E-state index in [1.807, 2.05) is 24.3 Å². The van der Waals surface area contributed by atoms with Crippen molar-refractivity contribution in [3.63, 3.8) is 0 Å². The van der Waals surface area contributed by atoms with Crippen LogP contribution in [-0.4, -0.2) is 27.0 Å². The molecule has 0 aliphatic heterocycles. The van der Waals surface area contributed by atoms with Gasteiger partial charge in [0.1, 0.15) is 5.60 Å². The molecule has 0 saturated heterocycles. The second-order valence-electron chi connectivity index (χ2n) is 7.27. The van der Waals surface area contributed by atoms with E-state index in [9.17, 15) is 9.59 Å². The third kappa shape index (κ3) is 4.57. The van der Waals surface area contributed by atoms with Crippen molar-refractivity contribution in [2.45, 2.75) is 26.4 Å². The highest BCUT2D eigenvalue weighted by Crippen LogP contribution is 2.15. The second-order valence-corrected chi connectivity index (χ2v) is 7.27. The van der Waals surface area contributed by atoms with E-state index in [0.717, 1.165) is 11.0 Å². The highest BCUT2D eigenvalue weighted by molar-refractivity contribution is 6.08. The Balaban J connectivity index is 1.77. The number of carbonyl (C=O) groups excluding carboxylic acids is 2. The molecule has 1 heterocycles. The molecular formula is C22H21N3O3. The van der Waals surface area contributed by atoms with Gasteiger partial charge in [-0.15, -0.1) is 0 Å². The molecule has 0 atom stereocenters. The van der Waals surface area contributed by atoms with Gasteiger partial charge in [0.05, 0.1) is 11.0 Å². The largest absolute Gasteiger partial charge is 0.444 e. The number of ether oxygens (including phenoxy) is 1. The van der Waals surface area contributed by atoms with E-state index in [2.05, 4.69) is 22.1 Å². The summed E-state index contributed by atoms with van der Waals surface area (Å²) in [4.78, 5) is 28.7. The Morgan fingerprint density at radius 3 is 2.57 bits per heavy atom. The van der Waals surface area contributed by atoms with E-state index in [4.69, 9.17) is 4.74 Å². The maximum Gasteiger partial charge on any atom is 0.412 e. The fraction of sp³-hybridized carbons (Fsp3) is 0.227. The lowest BCUT2D eigenvalue weighted by atomic mass is 10.2. The number of benzene rings is 2. The summed E-state index contributed by atoms with van der Waals surface area (Å²) in [7, 11) is 1.79. The number of aryl methyl sites for hydroxylation is 1. The van der Waals surface area contributed by atoms with Gasteiger partial charge in [-0.25, -0.2) is 9.78 Å². The number of fused-ring (bicyclic) bond motifs is 1. The summed E-state index contributed by atoms with van der Waals surface area (Å²) in [5, 5.41) is 2.65. The average Bonchev–Trinajstić information content (AvgIpc) is 2.95. The first kappa shape index (κ1) is 19.2. The topological polar surface area (TPSA) is 73.2 Å². The van der Waals surface area contributed by atoms with Crippen LogP contribution >= 0.6 is 0 Å². The van der Waals surface area contributed by atoms with Crippen molar-refractivity contribution in [1.82, 2.24) is 9.55 Å². The third-order valence-corrected chi connectivity index (χ3v) is 3.82. The SMILES string of the molecule is Cn1c(C(=O)C#Cc2cccc(NC(=O)OC(C)(C)C)c2)nc2ccccc21. The number of para-hydroxylation sites is 2. The quantitative estimate of drug-likeness (QED) is 0.539. The Labute approximate surface area is 163 Å². The average molecular weight is 375 g/mol. The van der Waals surface area contributed by atoms with E-state index in [0.29, 0.717) is 11.3 Å². The number of imidazole rings is 1. The number of hydrogen-bond donors (Lipinski definition) is 1. The van der Waals surface area contributed by atoms with Crippen molar-refractivity contribution >= 4 is 28.6 Å². The molecule has 1 amide bonds. The minimum Gasteiger partial charge on any atom is -0.444 e. The van der Waals surface area contributed by atoms with Crippen molar-refractivity contribution in [3.05, 3.63) is 59.9 Å². The molecule has 2 aromatic carbocycles. The van der Waals surface area contributed by atoms with Gasteiger partial charge in [0.2, 0.25) is 0 Å². The van der Waals surface area contributed by atoms with Gasteiger partial charge < -0.3 is 9.30 Å². The molecule has 28 heavy (non-hydrogen) atoms. The van der Waals surface area contributed by atoms with Gasteiger partial charge in [-0.2, -0.15) is 0 Å². The summed E-state index contributed by atoms with van der Waals surface area (Å²) in [5.41, 5.74) is 2.17. The first-order valence-corrected chi connectivity index (χ1v) is 8.81. The van der Waals surface area contributed by atoms with Gasteiger partial charge in [0.15, 0.2) is 5.82 Å². The van der Waals surface area contributed by atoms with Crippen LogP contribution in [0.15, 0.2) is 48.5 Å². The minimum atomic E-state index is -0.584. The van der Waals surface area contributed by atoms with Gasteiger partial charge in [-0.3, -0.25) is 10.1 Å². The molecule has 0 aliphatic carbocycles. The van der Waals surface area contributed by atoms with Crippen molar-refractivity contribution in [3.8, 4) is 11.8 Å². The zero-order valence-corrected chi connectivity index (χ0v) is 16.2. The molecule has 0 bridgehead atoms. The van der Waals surface area contributed by atoms with Crippen LogP contribution in [0, 0.1) is 11.8 Å². The summed E-state index contributed by atoms with van der Waals surface area (Å²) >= 11 is 0. The first-order valence-electron chi connectivity index (χ1n) is 8.81. The lowest BCUT2D eigenvalue weighted by Gasteiger charge is -2.19. The molecule has 0 fully saturated rings. The number of aromatic nitrogens is 2. The fourth-order valence-corrected chi connectivity index (χ4v) is 2.63. The molecule has 0 unspecified atom stereocenters. The Bertz CT molecular complexity index is 1110. The van der Waals surface area contributed by atoms with E-state index in [1.54, 1.807) is 56.7 Å². The third-order valence-electron chi connectivity index (χ3n) is 3.82. The number of Topliss-reactive ketones (excluding diaryl/α,β-unsaturated/α-hetero) is 1. The van der Waals surface area contributed by atoms with Crippen molar-refractivity contribution in [2.75, 3.05) is 5.32 Å². The zero-order valence-electron chi connectivity index (χ0n) is 16.2. The van der Waals surface area contributed by atoms with Gasteiger partial charge in [-0.1, -0.05) is 24.1 Å². The molecule has 0 spiro atoms. The lowest BCUT2D eigenvalue weighted by Crippen LogP contribution is -2.27. The van der Waals surface area contributed by atoms with Crippen LogP contribution in [0.1, 0.15) is 37.0 Å². The van der Waals surface area contributed by atoms with Crippen LogP contribution in [-0.2, 0) is 11.8 Å². The van der Waals surface area contributed by atoms with Gasteiger partial charge in [0.25, 0.3) is 5.78 Å². The number of carbonyl (C=O) groups is 2. The lowest BCUT2D eigenvalue weighted by molar-refractivity contribution is 0.0635. The number of rotatable bonds is 2. The normalized spacial score (nSPS) is 10.9. The van der Waals surface area contributed by atoms with Crippen LogP contribution in [0.4, 0.5) is 10.5 Å². The van der Waals surface area contributed by atoms with Crippen molar-refractivity contribution in [1.29, 1.82) is 0 Å². The first-order chi connectivity index (χ1) is 13.2. The summed E-state index contributed by atoms with van der Waals surface area (Å²) in [6.07, 6.45) is -0.548. The molecular weight excluding hydrogens is 354 g/mol. The molecule has 0 aliphatic rings. The zero-order chi connectivity index (χ0) is 20.3. The Morgan fingerprint density at radius 1 is 1.11 bits per heavy atom. The summed E-state index contributed by atoms with van der Waals surface area (Å²) in [5.74, 6) is 5.37. The summed E-state index contributed by atoms with van der Waals surface area (Å²) < 4.78 is 6.96. The van der Waals surface area contributed by atoms with Gasteiger partial charge >= 0.3 is 6.09 Å². The number of hydrogen-bond acceptors (Lipinski definition) is 4. The van der Waals surface area contributed by atoms with E-state index in [-0.39, 0.29) is 11.6 Å². The smallest absolute Gasteiger partial charge is 0.412 e. The van der Waals surface area contributed by atoms with Crippen molar-refractivity contribution < 1.29 is 14.3 Å². The predicted octanol–water partition coefficient (Wildman–Crippen LogP) is 4.15. The molecule has 6 heteroatoms. The van der Waals surface area contributed by atoms with Crippen LogP contribution in [0.2, 0.25) is 0 Å². The molecule has 3 rings (SSSR count). The number of ketones is 1. The van der Waals surface area contributed by atoms with Gasteiger partial charge in [0, 0.05) is 18.3 Å². The minimum absolute atomic E-state index is 0.289. The number of nitrogens with one attached hydrogen (secondary N) is 1. The maximum absolute atomic E-state index is 12.5. The molecule has 0 radical (unpaired) electrons. The maximum atomic E-state index is 12.5. The van der Waals surface area contributed by atoms with E-state index in [1.165, 1.54) is 0 Å². The Hall–Kier alpha value is -3.59. The standard InChI is InChI=1S/C22H21N3O3/c1-22(2,3)28-21(27)23-16-9-7-8-15(14-16)12-13-19(26)20-24-17-10-5-6-11-18(17)25(20)4/h5-11,14H,1-4H3,(H,23,27). The number of anilines is 1.